The normalized spacial score (nSPS) is 23.1. The molecule has 0 bridgehead atoms. The largest absolute Gasteiger partial charge is 0.394 e. The van der Waals surface area contributed by atoms with Crippen molar-refractivity contribution in [3.05, 3.63) is 18.1 Å². The molecule has 18 heavy (non-hydrogen) atoms. The van der Waals surface area contributed by atoms with Gasteiger partial charge in [-0.05, 0) is 13.8 Å². The van der Waals surface area contributed by atoms with Gasteiger partial charge in [0.1, 0.15) is 5.82 Å². The fraction of sp³-hybridized carbons (Fsp3) is 0.667. The van der Waals surface area contributed by atoms with Crippen LogP contribution in [-0.4, -0.2) is 46.5 Å². The van der Waals surface area contributed by atoms with Crippen molar-refractivity contribution in [1.29, 1.82) is 0 Å². The van der Waals surface area contributed by atoms with Gasteiger partial charge in [-0.25, -0.2) is 4.98 Å². The predicted octanol–water partition coefficient (Wildman–Crippen LogP) is -0.0886. The molecule has 6 nitrogen and oxygen atoms in total. The molecule has 100 valence electrons. The van der Waals surface area contributed by atoms with Crippen LogP contribution < -0.4 is 10.6 Å². The van der Waals surface area contributed by atoms with Gasteiger partial charge in [-0.2, -0.15) is 0 Å². The first kappa shape index (κ1) is 13.2. The van der Waals surface area contributed by atoms with E-state index in [4.69, 9.17) is 10.5 Å². The molecule has 1 aliphatic rings. The average molecular weight is 252 g/mol. The van der Waals surface area contributed by atoms with E-state index in [1.165, 1.54) is 0 Å². The van der Waals surface area contributed by atoms with E-state index in [0.29, 0.717) is 13.1 Å². The van der Waals surface area contributed by atoms with Crippen LogP contribution in [0.1, 0.15) is 19.5 Å². The summed E-state index contributed by atoms with van der Waals surface area (Å²) in [7, 11) is 0. The van der Waals surface area contributed by atoms with Crippen LogP contribution >= 0.6 is 0 Å². The zero-order valence-corrected chi connectivity index (χ0v) is 10.8. The summed E-state index contributed by atoms with van der Waals surface area (Å²) in [5, 5.41) is 9.27. The predicted molar refractivity (Wildman–Crippen MR) is 68.2 cm³/mol. The first-order valence-electron chi connectivity index (χ1n) is 6.08. The number of aliphatic hydroxyl groups excluding tert-OH is 1. The summed E-state index contributed by atoms with van der Waals surface area (Å²) < 4.78 is 5.76. The minimum absolute atomic E-state index is 0.00818. The molecule has 1 unspecified atom stereocenters. The van der Waals surface area contributed by atoms with Crippen LogP contribution in [0, 0.1) is 0 Å². The summed E-state index contributed by atoms with van der Waals surface area (Å²) in [4.78, 5) is 10.7. The molecule has 1 aromatic heterocycles. The van der Waals surface area contributed by atoms with Gasteiger partial charge in [0.05, 0.1) is 36.4 Å². The molecule has 0 amide bonds. The summed E-state index contributed by atoms with van der Waals surface area (Å²) in [6, 6.07) is 0. The third kappa shape index (κ3) is 2.95. The van der Waals surface area contributed by atoms with E-state index in [9.17, 15) is 5.11 Å². The minimum Gasteiger partial charge on any atom is -0.394 e. The van der Waals surface area contributed by atoms with E-state index < -0.39 is 0 Å². The van der Waals surface area contributed by atoms with Gasteiger partial charge in [0.15, 0.2) is 0 Å². The molecule has 0 aliphatic carbocycles. The Labute approximate surface area is 107 Å². The van der Waals surface area contributed by atoms with Crippen LogP contribution in [0.4, 0.5) is 5.82 Å². The number of aromatic nitrogens is 2. The van der Waals surface area contributed by atoms with Gasteiger partial charge in [0.2, 0.25) is 0 Å². The van der Waals surface area contributed by atoms with E-state index in [2.05, 4.69) is 14.9 Å². The Hall–Kier alpha value is -1.24. The molecule has 3 N–H and O–H groups in total. The number of anilines is 1. The van der Waals surface area contributed by atoms with Crippen molar-refractivity contribution in [2.24, 2.45) is 5.73 Å². The fourth-order valence-corrected chi connectivity index (χ4v) is 2.18. The molecule has 0 saturated carbocycles. The van der Waals surface area contributed by atoms with Gasteiger partial charge < -0.3 is 20.5 Å². The molecule has 1 aliphatic heterocycles. The monoisotopic (exact) mass is 252 g/mol. The highest BCUT2D eigenvalue weighted by molar-refractivity contribution is 5.37. The van der Waals surface area contributed by atoms with Crippen molar-refractivity contribution in [3.63, 3.8) is 0 Å². The van der Waals surface area contributed by atoms with Crippen molar-refractivity contribution < 1.29 is 9.84 Å². The number of ether oxygens (including phenoxy) is 1. The highest BCUT2D eigenvalue weighted by atomic mass is 16.5. The maximum Gasteiger partial charge on any atom is 0.147 e. The molecule has 1 atom stereocenters. The van der Waals surface area contributed by atoms with Crippen molar-refractivity contribution in [2.75, 3.05) is 24.6 Å². The third-order valence-corrected chi connectivity index (χ3v) is 2.91. The quantitative estimate of drug-likeness (QED) is 0.782. The van der Waals surface area contributed by atoms with Gasteiger partial charge in [0.25, 0.3) is 0 Å². The first-order valence-corrected chi connectivity index (χ1v) is 6.08. The van der Waals surface area contributed by atoms with Crippen molar-refractivity contribution in [1.82, 2.24) is 9.97 Å². The SMILES string of the molecule is CC1(C)CN(c2cnc(CN)cn2)CC(CO)O1. The van der Waals surface area contributed by atoms with Crippen LogP contribution in [0.15, 0.2) is 12.4 Å². The molecule has 1 saturated heterocycles. The Morgan fingerprint density at radius 1 is 1.50 bits per heavy atom. The van der Waals surface area contributed by atoms with Crippen molar-refractivity contribution in [2.45, 2.75) is 32.1 Å². The average Bonchev–Trinajstić information content (AvgIpc) is 2.37. The number of aliphatic hydroxyl groups is 1. The Bertz CT molecular complexity index is 394. The zero-order valence-electron chi connectivity index (χ0n) is 10.8. The van der Waals surface area contributed by atoms with Crippen LogP contribution in [0.2, 0.25) is 0 Å². The molecule has 6 heteroatoms. The number of hydrogen-bond acceptors (Lipinski definition) is 6. The third-order valence-electron chi connectivity index (χ3n) is 2.91. The number of rotatable bonds is 3. The number of nitrogens with zero attached hydrogens (tertiary/aromatic N) is 3. The second kappa shape index (κ2) is 5.17. The minimum atomic E-state index is -0.306. The van der Waals surface area contributed by atoms with Gasteiger partial charge in [-0.15, -0.1) is 0 Å². The standard InChI is InChI=1S/C12H20N4O2/c1-12(2)8-16(6-10(7-17)18-12)11-5-14-9(3-13)4-15-11/h4-5,10,17H,3,6-8,13H2,1-2H3. The number of morpholine rings is 1. The second-order valence-corrected chi connectivity index (χ2v) is 5.13. The lowest BCUT2D eigenvalue weighted by Gasteiger charge is -2.42. The van der Waals surface area contributed by atoms with E-state index in [1.807, 2.05) is 13.8 Å². The molecule has 0 radical (unpaired) electrons. The zero-order chi connectivity index (χ0) is 13.2. The topological polar surface area (TPSA) is 84.5 Å². The maximum atomic E-state index is 9.27. The molecule has 1 fully saturated rings. The highest BCUT2D eigenvalue weighted by Gasteiger charge is 2.33. The van der Waals surface area contributed by atoms with E-state index in [-0.39, 0.29) is 18.3 Å². The van der Waals surface area contributed by atoms with Crippen LogP contribution in [0.3, 0.4) is 0 Å². The maximum absolute atomic E-state index is 9.27. The van der Waals surface area contributed by atoms with Crippen molar-refractivity contribution >= 4 is 5.82 Å². The van der Waals surface area contributed by atoms with E-state index >= 15 is 0 Å². The number of nitrogens with two attached hydrogens (primary N) is 1. The van der Waals surface area contributed by atoms with Crippen LogP contribution in [0.25, 0.3) is 0 Å². The lowest BCUT2D eigenvalue weighted by atomic mass is 10.1. The van der Waals surface area contributed by atoms with E-state index in [1.54, 1.807) is 12.4 Å². The van der Waals surface area contributed by atoms with Crippen molar-refractivity contribution in [3.8, 4) is 0 Å². The Morgan fingerprint density at radius 2 is 2.28 bits per heavy atom. The first-order chi connectivity index (χ1) is 8.54. The molecule has 1 aromatic rings. The second-order valence-electron chi connectivity index (χ2n) is 5.13. The summed E-state index contributed by atoms with van der Waals surface area (Å²) in [6.07, 6.45) is 3.22. The molecule has 0 aromatic carbocycles. The smallest absolute Gasteiger partial charge is 0.147 e. The molecular formula is C12H20N4O2. The summed E-state index contributed by atoms with van der Waals surface area (Å²) in [5.74, 6) is 0.794. The molecule has 2 heterocycles. The van der Waals surface area contributed by atoms with Gasteiger partial charge in [-0.3, -0.25) is 4.98 Å². The van der Waals surface area contributed by atoms with Gasteiger partial charge >= 0.3 is 0 Å². The molecule has 2 rings (SSSR count). The lowest BCUT2D eigenvalue weighted by Crippen LogP contribution is -2.54. The highest BCUT2D eigenvalue weighted by Crippen LogP contribution is 2.24. The fourth-order valence-electron chi connectivity index (χ4n) is 2.18. The molecular weight excluding hydrogens is 232 g/mol. The van der Waals surface area contributed by atoms with Gasteiger partial charge in [0, 0.05) is 19.6 Å². The number of hydrogen-bond donors (Lipinski definition) is 2. The summed E-state index contributed by atoms with van der Waals surface area (Å²) >= 11 is 0. The Kier molecular flexibility index (Phi) is 3.79. The lowest BCUT2D eigenvalue weighted by molar-refractivity contribution is -0.101. The van der Waals surface area contributed by atoms with E-state index in [0.717, 1.165) is 18.1 Å². The molecule has 0 spiro atoms. The summed E-state index contributed by atoms with van der Waals surface area (Å²) in [5.41, 5.74) is 5.96. The van der Waals surface area contributed by atoms with Gasteiger partial charge in [-0.1, -0.05) is 0 Å². The Balaban J connectivity index is 2.15. The van der Waals surface area contributed by atoms with Crippen LogP contribution in [0.5, 0.6) is 0 Å². The summed E-state index contributed by atoms with van der Waals surface area (Å²) in [6.45, 7) is 5.75. The van der Waals surface area contributed by atoms with Crippen LogP contribution in [-0.2, 0) is 11.3 Å². The Morgan fingerprint density at radius 3 is 2.83 bits per heavy atom.